The maximum absolute atomic E-state index is 13.5. The van der Waals surface area contributed by atoms with Crippen molar-refractivity contribution in [3.8, 4) is 0 Å². The topological polar surface area (TPSA) is 192 Å². The number of ether oxygens (including phenoxy) is 1. The van der Waals surface area contributed by atoms with Crippen LogP contribution in [0.3, 0.4) is 0 Å². The summed E-state index contributed by atoms with van der Waals surface area (Å²) >= 11 is 0. The van der Waals surface area contributed by atoms with Crippen molar-refractivity contribution in [2.45, 2.75) is 125 Å². The average molecular weight is 655 g/mol. The predicted molar refractivity (Wildman–Crippen MR) is 174 cm³/mol. The molecule has 0 fully saturated rings. The molecule has 14 nitrogen and oxygen atoms in total. The Morgan fingerprint density at radius 2 is 1.17 bits per heavy atom. The van der Waals surface area contributed by atoms with Crippen LogP contribution in [0.1, 0.15) is 95.4 Å². The number of nitrogens with one attached hydrogen (secondary N) is 5. The molecule has 0 bridgehead atoms. The van der Waals surface area contributed by atoms with Crippen LogP contribution in [0.15, 0.2) is 0 Å². The molecule has 0 radical (unpaired) electrons. The molecule has 2 unspecified atom stereocenters. The average Bonchev–Trinajstić information content (AvgIpc) is 2.89. The third kappa shape index (κ3) is 16.0. The molecule has 5 N–H and O–H groups in total. The summed E-state index contributed by atoms with van der Waals surface area (Å²) in [7, 11) is 2.98. The number of nitrogens with zero attached hydrogens (tertiary/aromatic N) is 1. The van der Waals surface area contributed by atoms with Crippen molar-refractivity contribution >= 4 is 41.4 Å². The summed E-state index contributed by atoms with van der Waals surface area (Å²) in [6, 6.07) is -4.80. The van der Waals surface area contributed by atoms with Crippen LogP contribution in [0.2, 0.25) is 0 Å². The lowest BCUT2D eigenvalue weighted by molar-refractivity contribution is -0.141. The van der Waals surface area contributed by atoms with Gasteiger partial charge in [0.15, 0.2) is 0 Å². The van der Waals surface area contributed by atoms with Crippen LogP contribution in [0.25, 0.3) is 0 Å². The SMILES string of the molecule is CCCC(NC(=O)[C@H](CC(=O)N(C)C)NC(=O)C(NC(=O)[C@@H](NC(=O)OC(C)(C)C)C(C)C)C(C)C)C(=O)C(=O)NCC(C)(C)C. The van der Waals surface area contributed by atoms with Gasteiger partial charge in [-0.1, -0.05) is 61.8 Å². The molecule has 0 saturated heterocycles. The van der Waals surface area contributed by atoms with E-state index >= 15 is 0 Å². The molecule has 0 aliphatic rings. The summed E-state index contributed by atoms with van der Waals surface area (Å²) in [4.78, 5) is 92.2. The van der Waals surface area contributed by atoms with Gasteiger partial charge in [0.2, 0.25) is 29.4 Å². The fourth-order valence-corrected chi connectivity index (χ4v) is 4.00. The molecule has 0 rings (SSSR count). The van der Waals surface area contributed by atoms with E-state index in [0.29, 0.717) is 6.42 Å². The summed E-state index contributed by atoms with van der Waals surface area (Å²) in [5.41, 5.74) is -1.07. The predicted octanol–water partition coefficient (Wildman–Crippen LogP) is 1.66. The van der Waals surface area contributed by atoms with Crippen LogP contribution in [0, 0.1) is 17.3 Å². The van der Waals surface area contributed by atoms with Gasteiger partial charge in [0.1, 0.15) is 23.7 Å². The smallest absolute Gasteiger partial charge is 0.408 e. The molecule has 4 atom stereocenters. The van der Waals surface area contributed by atoms with Crippen LogP contribution >= 0.6 is 0 Å². The monoisotopic (exact) mass is 654 g/mol. The lowest BCUT2D eigenvalue weighted by Crippen LogP contribution is -2.60. The standard InChI is InChI=1S/C32H58N6O8/c1-14-15-20(25(40)29(44)33-17-31(6,7)8)34-26(41)21(16-22(39)38(12)13)35-27(42)23(18(2)3)36-28(43)24(19(4)5)37-30(45)46-32(9,10)11/h18-21,23-24H,14-17H2,1-13H3,(H,33,44)(H,34,41)(H,35,42)(H,36,43)(H,37,45)/t20?,21-,23?,24-/m0/s1. The van der Waals surface area contributed by atoms with Crippen LogP contribution in [-0.2, 0) is 33.5 Å². The van der Waals surface area contributed by atoms with E-state index in [4.69, 9.17) is 4.74 Å². The Morgan fingerprint density at radius 3 is 1.61 bits per heavy atom. The maximum Gasteiger partial charge on any atom is 0.408 e. The van der Waals surface area contributed by atoms with Crippen molar-refractivity contribution in [1.29, 1.82) is 0 Å². The highest BCUT2D eigenvalue weighted by molar-refractivity contribution is 6.38. The Balaban J connectivity index is 6.06. The van der Waals surface area contributed by atoms with Crippen molar-refractivity contribution in [2.75, 3.05) is 20.6 Å². The van der Waals surface area contributed by atoms with Crippen molar-refractivity contribution < 1.29 is 38.3 Å². The first-order valence-corrected chi connectivity index (χ1v) is 15.8. The first-order chi connectivity index (χ1) is 20.9. The largest absolute Gasteiger partial charge is 0.444 e. The molecular weight excluding hydrogens is 596 g/mol. The first-order valence-electron chi connectivity index (χ1n) is 15.8. The number of amides is 6. The van der Waals surface area contributed by atoms with Gasteiger partial charge in [-0.25, -0.2) is 4.79 Å². The normalized spacial score (nSPS) is 14.3. The third-order valence-electron chi connectivity index (χ3n) is 6.59. The van der Waals surface area contributed by atoms with E-state index in [1.165, 1.54) is 19.0 Å². The fraction of sp³-hybridized carbons (Fsp3) is 0.781. The summed E-state index contributed by atoms with van der Waals surface area (Å²) in [5, 5.41) is 12.9. The zero-order valence-electron chi connectivity index (χ0n) is 30.0. The van der Waals surface area contributed by atoms with E-state index in [1.54, 1.807) is 55.4 Å². The molecule has 264 valence electrons. The van der Waals surface area contributed by atoms with Crippen molar-refractivity contribution in [3.05, 3.63) is 0 Å². The fourth-order valence-electron chi connectivity index (χ4n) is 4.00. The Morgan fingerprint density at radius 1 is 0.696 bits per heavy atom. The van der Waals surface area contributed by atoms with Gasteiger partial charge in [-0.3, -0.25) is 28.8 Å². The van der Waals surface area contributed by atoms with E-state index in [2.05, 4.69) is 26.6 Å². The molecule has 14 heteroatoms. The summed E-state index contributed by atoms with van der Waals surface area (Å²) in [5.74, 6) is -5.23. The number of carbonyl (C=O) groups is 7. The Kier molecular flexibility index (Phi) is 17.0. The second kappa shape index (κ2) is 18.4. The highest BCUT2D eigenvalue weighted by Gasteiger charge is 2.35. The van der Waals surface area contributed by atoms with Crippen LogP contribution in [0.5, 0.6) is 0 Å². The quantitative estimate of drug-likeness (QED) is 0.155. The lowest BCUT2D eigenvalue weighted by atomic mass is 9.96. The number of carbonyl (C=O) groups excluding carboxylic acids is 7. The van der Waals surface area contributed by atoms with Crippen molar-refractivity contribution in [3.63, 3.8) is 0 Å². The molecule has 0 aromatic heterocycles. The number of rotatable bonds is 16. The molecule has 6 amide bonds. The van der Waals surface area contributed by atoms with Gasteiger partial charge in [0.05, 0.1) is 12.5 Å². The number of hydrogen-bond acceptors (Lipinski definition) is 8. The molecular formula is C32H58N6O8. The van der Waals surface area contributed by atoms with Crippen molar-refractivity contribution in [2.24, 2.45) is 17.3 Å². The van der Waals surface area contributed by atoms with Gasteiger partial charge in [0.25, 0.3) is 5.91 Å². The minimum Gasteiger partial charge on any atom is -0.444 e. The molecule has 0 spiro atoms. The highest BCUT2D eigenvalue weighted by atomic mass is 16.6. The van der Waals surface area contributed by atoms with Gasteiger partial charge in [-0.15, -0.1) is 0 Å². The zero-order chi connectivity index (χ0) is 36.2. The minimum absolute atomic E-state index is 0.154. The number of hydrogen-bond donors (Lipinski definition) is 5. The van der Waals surface area contributed by atoms with Gasteiger partial charge >= 0.3 is 6.09 Å². The molecule has 0 saturated carbocycles. The van der Waals surface area contributed by atoms with E-state index in [-0.39, 0.29) is 24.3 Å². The second-order valence-corrected chi connectivity index (χ2v) is 14.6. The summed E-state index contributed by atoms with van der Waals surface area (Å²) in [6.45, 7) is 19.6. The maximum atomic E-state index is 13.5. The number of alkyl carbamates (subject to hydrolysis) is 1. The molecule has 0 aromatic carbocycles. The third-order valence-corrected chi connectivity index (χ3v) is 6.59. The Labute approximate surface area is 274 Å². The van der Waals surface area contributed by atoms with E-state index in [9.17, 15) is 33.6 Å². The second-order valence-electron chi connectivity index (χ2n) is 14.6. The lowest BCUT2D eigenvalue weighted by Gasteiger charge is -2.29. The van der Waals surface area contributed by atoms with Gasteiger partial charge in [-0.2, -0.15) is 0 Å². The molecule has 0 aromatic rings. The number of Topliss-reactive ketones (excluding diaryl/α,β-unsaturated/α-hetero) is 1. The summed E-state index contributed by atoms with van der Waals surface area (Å²) < 4.78 is 5.27. The van der Waals surface area contributed by atoms with Gasteiger partial charge in [-0.05, 0) is 44.4 Å². The van der Waals surface area contributed by atoms with E-state index in [0.717, 1.165) is 0 Å². The van der Waals surface area contributed by atoms with Crippen LogP contribution in [-0.4, -0.2) is 96.7 Å². The Hall–Kier alpha value is -3.71. The highest BCUT2D eigenvalue weighted by Crippen LogP contribution is 2.12. The van der Waals surface area contributed by atoms with Gasteiger partial charge in [0, 0.05) is 20.6 Å². The Bertz CT molecular complexity index is 1090. The zero-order valence-corrected chi connectivity index (χ0v) is 30.0. The first kappa shape index (κ1) is 42.3. The molecule has 0 aliphatic heterocycles. The van der Waals surface area contributed by atoms with Crippen LogP contribution < -0.4 is 26.6 Å². The summed E-state index contributed by atoms with van der Waals surface area (Å²) in [6.07, 6.45) is -0.621. The van der Waals surface area contributed by atoms with Crippen molar-refractivity contribution in [1.82, 2.24) is 31.5 Å². The molecule has 0 heterocycles. The molecule has 0 aliphatic carbocycles. The van der Waals surface area contributed by atoms with E-state index < -0.39 is 83.5 Å². The molecule has 46 heavy (non-hydrogen) atoms. The number of ketones is 1. The van der Waals surface area contributed by atoms with E-state index in [1.807, 2.05) is 20.8 Å². The van der Waals surface area contributed by atoms with Crippen LogP contribution in [0.4, 0.5) is 4.79 Å². The minimum atomic E-state index is -1.42. The van der Waals surface area contributed by atoms with Gasteiger partial charge < -0.3 is 36.2 Å².